The molecule has 4 aromatic carbocycles. The molecule has 22 nitrogen and oxygen atoms in total. The van der Waals surface area contributed by atoms with Gasteiger partial charge in [-0.1, -0.05) is 60.7 Å². The molecule has 4 heterocycles. The average Bonchev–Trinajstić information content (AvgIpc) is 3.27. The van der Waals surface area contributed by atoms with Gasteiger partial charge < -0.3 is 98.6 Å². The van der Waals surface area contributed by atoms with E-state index >= 15 is 0 Å². The number of phenolic OH excluding ortho intramolecular Hbond substituents is 4. The van der Waals surface area contributed by atoms with Crippen LogP contribution in [0.25, 0.3) is 44.6 Å². The molecule has 8 rings (SSSR count). The van der Waals surface area contributed by atoms with Gasteiger partial charge in [0.15, 0.2) is 33.9 Å². The van der Waals surface area contributed by atoms with E-state index in [1.54, 1.807) is 60.7 Å². The summed E-state index contributed by atoms with van der Waals surface area (Å²) in [6, 6.07) is 21.5. The fourth-order valence-corrected chi connectivity index (χ4v) is 6.74. The quantitative estimate of drug-likeness (QED) is 0.0562. The smallest absolute Gasteiger partial charge is 0.547 e. The van der Waals surface area contributed by atoms with Crippen molar-refractivity contribution in [3.8, 4) is 57.1 Å². The molecule has 0 aliphatic carbocycles. The topological polar surface area (TPSA) is 380 Å². The summed E-state index contributed by atoms with van der Waals surface area (Å²) < 4.78 is 31.8. The van der Waals surface area contributed by atoms with Gasteiger partial charge in [0.25, 0.3) is 0 Å². The largest absolute Gasteiger partial charge is 2.00 e. The SMILES string of the molecule is O=C([O-])[C@H]1O[C@@H](Oc2cc3oc(-c4ccccc4)cc(=O)c3c(O)c2O)[C@H](O)[C@@H](O)[C@@H]1O.O=C([O-])[C@H]1O[C@@H](Oc2cc3oc(-c4ccccc4)cc(=O)c3c(O)c2O)[C@H](O)[C@@H](O)[C@@H]1O.[Cu+2]. The number of aliphatic hydroxyl groups excluding tert-OH is 6. The first-order valence-corrected chi connectivity index (χ1v) is 18.7. The molecule has 0 amide bonds. The second-order valence-corrected chi connectivity index (χ2v) is 14.2. The predicted molar refractivity (Wildman–Crippen MR) is 207 cm³/mol. The van der Waals surface area contributed by atoms with E-state index in [9.17, 15) is 80.5 Å². The van der Waals surface area contributed by atoms with Crippen molar-refractivity contribution in [2.45, 2.75) is 61.4 Å². The number of ether oxygens (including phenoxy) is 4. The number of carboxylic acids is 2. The molecule has 23 heteroatoms. The zero-order valence-corrected chi connectivity index (χ0v) is 33.5. The van der Waals surface area contributed by atoms with Crippen molar-refractivity contribution in [1.29, 1.82) is 0 Å². The number of aromatic hydroxyl groups is 4. The van der Waals surface area contributed by atoms with Crippen LogP contribution in [0.1, 0.15) is 0 Å². The van der Waals surface area contributed by atoms with E-state index in [0.29, 0.717) is 11.1 Å². The van der Waals surface area contributed by atoms with Crippen LogP contribution in [-0.2, 0) is 36.1 Å². The number of aliphatic hydroxyl groups is 6. The molecule has 2 aliphatic rings. The van der Waals surface area contributed by atoms with Gasteiger partial charge in [-0.3, -0.25) is 9.59 Å². The summed E-state index contributed by atoms with van der Waals surface area (Å²) in [4.78, 5) is 47.3. The van der Waals surface area contributed by atoms with Gasteiger partial charge in [-0.25, -0.2) is 0 Å². The Morgan fingerprint density at radius 2 is 0.831 bits per heavy atom. The fourth-order valence-electron chi connectivity index (χ4n) is 6.74. The first kappa shape index (κ1) is 47.7. The maximum absolute atomic E-state index is 12.5. The molecule has 0 spiro atoms. The first-order valence-electron chi connectivity index (χ1n) is 18.7. The fraction of sp³-hybridized carbons (Fsp3) is 0.238. The van der Waals surface area contributed by atoms with Crippen LogP contribution in [0.5, 0.6) is 34.5 Å². The Balaban J connectivity index is 0.000000212. The Kier molecular flexibility index (Phi) is 14.1. The Labute approximate surface area is 372 Å². The third kappa shape index (κ3) is 9.27. The van der Waals surface area contributed by atoms with Crippen molar-refractivity contribution in [3.63, 3.8) is 0 Å². The van der Waals surface area contributed by atoms with Gasteiger partial charge in [0.2, 0.25) is 24.1 Å². The van der Waals surface area contributed by atoms with Gasteiger partial charge in [0.1, 0.15) is 82.3 Å². The van der Waals surface area contributed by atoms with Crippen molar-refractivity contribution < 1.29 is 116 Å². The number of rotatable bonds is 8. The Morgan fingerprint density at radius 3 is 1.15 bits per heavy atom. The summed E-state index contributed by atoms with van der Waals surface area (Å²) in [5.41, 5.74) is -0.584. The molecule has 2 aromatic heterocycles. The molecule has 345 valence electrons. The predicted octanol–water partition coefficient (Wildman–Crippen LogP) is -2.39. The van der Waals surface area contributed by atoms with Crippen LogP contribution < -0.4 is 30.5 Å². The molecule has 0 bridgehead atoms. The Hall–Kier alpha value is -6.76. The summed E-state index contributed by atoms with van der Waals surface area (Å²) >= 11 is 0. The van der Waals surface area contributed by atoms with Gasteiger partial charge in [-0.05, 0) is 0 Å². The molecule has 2 saturated heterocycles. The number of hydrogen-bond donors (Lipinski definition) is 10. The van der Waals surface area contributed by atoms with Crippen LogP contribution in [0.15, 0.2) is 103 Å². The van der Waals surface area contributed by atoms with Crippen molar-refractivity contribution >= 4 is 33.9 Å². The zero-order chi connectivity index (χ0) is 46.3. The molecule has 0 unspecified atom stereocenters. The third-order valence-electron chi connectivity index (χ3n) is 10.1. The van der Waals surface area contributed by atoms with Crippen LogP contribution in [0.3, 0.4) is 0 Å². The van der Waals surface area contributed by atoms with Crippen molar-refractivity contribution in [2.75, 3.05) is 0 Å². The van der Waals surface area contributed by atoms with Crippen molar-refractivity contribution in [1.82, 2.24) is 0 Å². The van der Waals surface area contributed by atoms with Crippen LogP contribution in [0.4, 0.5) is 0 Å². The number of phenols is 4. The third-order valence-corrected chi connectivity index (χ3v) is 10.1. The minimum atomic E-state index is -2.04. The standard InChI is InChI=1S/2C21H18O11.Cu/c2*22-9-6-10(8-4-2-1-3-5-8)30-11-7-12(14(23)15(24)13(9)11)31-21-18(27)16(25)17(26)19(32-21)20(28)29;/h2*1-7,16-19,21,23-27H,(H,28,29);/q;;+2/p-2/t2*16-,17-,18+,19-,21+;/m00./s1. The number of carbonyl (C=O) groups is 2. The second-order valence-electron chi connectivity index (χ2n) is 14.2. The maximum Gasteiger partial charge on any atom is 2.00 e. The van der Waals surface area contributed by atoms with Crippen molar-refractivity contribution in [3.05, 3.63) is 105 Å². The van der Waals surface area contributed by atoms with E-state index in [-0.39, 0.29) is 50.5 Å². The van der Waals surface area contributed by atoms with Gasteiger partial charge >= 0.3 is 17.1 Å². The maximum atomic E-state index is 12.5. The molecule has 1 radical (unpaired) electrons. The molecule has 10 atom stereocenters. The summed E-state index contributed by atoms with van der Waals surface area (Å²) in [6.45, 7) is 0. The van der Waals surface area contributed by atoms with E-state index < -0.39 is 119 Å². The van der Waals surface area contributed by atoms with E-state index in [1.807, 2.05) is 0 Å². The summed E-state index contributed by atoms with van der Waals surface area (Å²) in [6.07, 6.45) is -19.7. The number of fused-ring (bicyclic) bond motifs is 2. The normalized spacial score (nSPS) is 25.1. The summed E-state index contributed by atoms with van der Waals surface area (Å²) in [7, 11) is 0. The molecular weight excluding hydrogens is 920 g/mol. The number of hydrogen-bond acceptors (Lipinski definition) is 22. The number of benzene rings is 4. The molecule has 6 aromatic rings. The first-order chi connectivity index (χ1) is 30.4. The average molecular weight is 954 g/mol. The number of carbonyl (C=O) groups excluding carboxylic acids is 2. The minimum Gasteiger partial charge on any atom is -0.547 e. The second kappa shape index (κ2) is 19.1. The number of aliphatic carboxylic acids is 2. The van der Waals surface area contributed by atoms with E-state index in [2.05, 4.69) is 0 Å². The van der Waals surface area contributed by atoms with Gasteiger partial charge in [-0.15, -0.1) is 0 Å². The Bertz CT molecular complexity index is 2640. The van der Waals surface area contributed by atoms with Gasteiger partial charge in [0, 0.05) is 35.4 Å². The minimum absolute atomic E-state index is 0. The molecule has 2 aliphatic heterocycles. The van der Waals surface area contributed by atoms with Crippen LogP contribution in [0.2, 0.25) is 0 Å². The molecule has 0 saturated carbocycles. The monoisotopic (exact) mass is 953 g/mol. The van der Waals surface area contributed by atoms with Crippen LogP contribution in [0, 0.1) is 0 Å². The van der Waals surface area contributed by atoms with Crippen LogP contribution in [-0.4, -0.2) is 124 Å². The zero-order valence-electron chi connectivity index (χ0n) is 32.5. The van der Waals surface area contributed by atoms with E-state index in [0.717, 1.165) is 24.3 Å². The molecular formula is C42H34CuO22. The molecule has 10 N–H and O–H groups in total. The molecule has 2 fully saturated rings. The summed E-state index contributed by atoms with van der Waals surface area (Å²) in [5.74, 6) is -8.13. The van der Waals surface area contributed by atoms with Gasteiger partial charge in [-0.2, -0.15) is 0 Å². The van der Waals surface area contributed by atoms with Crippen molar-refractivity contribution in [2.24, 2.45) is 0 Å². The molecule has 65 heavy (non-hydrogen) atoms. The van der Waals surface area contributed by atoms with Gasteiger partial charge in [0.05, 0.1) is 11.9 Å². The summed E-state index contributed by atoms with van der Waals surface area (Å²) in [5, 5.41) is 122. The van der Waals surface area contributed by atoms with E-state index in [1.165, 1.54) is 0 Å². The van der Waals surface area contributed by atoms with Crippen LogP contribution >= 0.6 is 0 Å². The Morgan fingerprint density at radius 1 is 0.492 bits per heavy atom. The number of carboxylic acid groups (broad SMARTS) is 2. The van der Waals surface area contributed by atoms with E-state index in [4.69, 9.17) is 27.8 Å².